The Balaban J connectivity index is 1.65. The number of halogens is 3. The molecule has 1 aromatic heterocycles. The van der Waals surface area contributed by atoms with Gasteiger partial charge in [0.2, 0.25) is 0 Å². The Hall–Kier alpha value is -3.06. The number of nitrogens with one attached hydrogen (secondary N) is 1. The minimum atomic E-state index is -4.45. The van der Waals surface area contributed by atoms with Crippen LogP contribution in [0.5, 0.6) is 0 Å². The minimum absolute atomic E-state index is 0.0644. The van der Waals surface area contributed by atoms with Gasteiger partial charge in [-0.05, 0) is 29.8 Å². The number of rotatable bonds is 5. The van der Waals surface area contributed by atoms with Gasteiger partial charge in [-0.2, -0.15) is 13.2 Å². The summed E-state index contributed by atoms with van der Waals surface area (Å²) >= 11 is 0. The van der Waals surface area contributed by atoms with Crippen LogP contribution >= 0.6 is 0 Å². The smallest absolute Gasteiger partial charge is 0.416 e. The first-order chi connectivity index (χ1) is 12.4. The lowest BCUT2D eigenvalue weighted by molar-refractivity contribution is -0.137. The maximum atomic E-state index is 12.8. The fraction of sp³-hybridized carbons (Fsp3) is 0.105. The van der Waals surface area contributed by atoms with Gasteiger partial charge in [0, 0.05) is 5.56 Å². The van der Waals surface area contributed by atoms with E-state index in [1.165, 1.54) is 24.3 Å². The highest BCUT2D eigenvalue weighted by Gasteiger charge is 2.30. The van der Waals surface area contributed by atoms with Gasteiger partial charge in [-0.3, -0.25) is 9.63 Å². The molecule has 3 aromatic rings. The van der Waals surface area contributed by atoms with E-state index in [1.807, 2.05) is 30.3 Å². The van der Waals surface area contributed by atoms with E-state index in [0.717, 1.165) is 17.7 Å². The molecule has 7 heteroatoms. The average Bonchev–Trinajstić information content (AvgIpc) is 3.12. The number of amides is 1. The number of carbonyl (C=O) groups is 1. The maximum Gasteiger partial charge on any atom is 0.416 e. The third-order valence-electron chi connectivity index (χ3n) is 3.55. The molecule has 0 aliphatic carbocycles. The van der Waals surface area contributed by atoms with Crippen molar-refractivity contribution in [2.24, 2.45) is 0 Å². The van der Waals surface area contributed by atoms with E-state index in [9.17, 15) is 18.0 Å². The predicted molar refractivity (Wildman–Crippen MR) is 87.8 cm³/mol. The van der Waals surface area contributed by atoms with Crippen molar-refractivity contribution < 1.29 is 27.2 Å². The Morgan fingerprint density at radius 1 is 1.00 bits per heavy atom. The van der Waals surface area contributed by atoms with E-state index in [-0.39, 0.29) is 23.7 Å². The van der Waals surface area contributed by atoms with Crippen molar-refractivity contribution in [1.82, 2.24) is 5.48 Å². The van der Waals surface area contributed by atoms with Crippen molar-refractivity contribution in [3.05, 3.63) is 83.6 Å². The molecule has 0 radical (unpaired) electrons. The van der Waals surface area contributed by atoms with Crippen LogP contribution in [-0.4, -0.2) is 5.91 Å². The van der Waals surface area contributed by atoms with Crippen molar-refractivity contribution >= 4 is 5.91 Å². The molecule has 0 spiro atoms. The van der Waals surface area contributed by atoms with Gasteiger partial charge in [-0.1, -0.05) is 42.5 Å². The van der Waals surface area contributed by atoms with Crippen LogP contribution in [0.25, 0.3) is 11.3 Å². The molecule has 0 atom stereocenters. The van der Waals surface area contributed by atoms with Gasteiger partial charge < -0.3 is 4.42 Å². The first-order valence-electron chi connectivity index (χ1n) is 7.67. The van der Waals surface area contributed by atoms with Crippen LogP contribution in [0.3, 0.4) is 0 Å². The number of alkyl halides is 3. The van der Waals surface area contributed by atoms with E-state index >= 15 is 0 Å². The van der Waals surface area contributed by atoms with Crippen LogP contribution in [0.1, 0.15) is 21.7 Å². The van der Waals surface area contributed by atoms with E-state index in [2.05, 4.69) is 5.48 Å². The number of carbonyl (C=O) groups excluding carboxylic acids is 1. The molecule has 2 aromatic carbocycles. The molecular formula is C19H14F3NO3. The standard InChI is InChI=1S/C19H14F3NO3/c20-19(21,22)15-8-4-7-14(11-15)16-9-10-17(26-16)18(24)23-25-12-13-5-2-1-3-6-13/h1-11H,12H2,(H,23,24). The van der Waals surface area contributed by atoms with E-state index < -0.39 is 17.6 Å². The molecule has 1 N–H and O–H groups in total. The van der Waals surface area contributed by atoms with Crippen LogP contribution in [0.2, 0.25) is 0 Å². The van der Waals surface area contributed by atoms with Crippen LogP contribution in [0.15, 0.2) is 71.1 Å². The fourth-order valence-electron chi connectivity index (χ4n) is 2.27. The number of hydrogen-bond donors (Lipinski definition) is 1. The summed E-state index contributed by atoms with van der Waals surface area (Å²) in [5.74, 6) is -0.533. The van der Waals surface area contributed by atoms with Gasteiger partial charge in [0.05, 0.1) is 12.2 Å². The van der Waals surface area contributed by atoms with E-state index in [0.29, 0.717) is 0 Å². The summed E-state index contributed by atoms with van der Waals surface area (Å²) in [5.41, 5.74) is 2.54. The van der Waals surface area contributed by atoms with Crippen molar-refractivity contribution in [2.75, 3.05) is 0 Å². The zero-order valence-electron chi connectivity index (χ0n) is 13.4. The molecule has 0 aliphatic heterocycles. The molecule has 1 heterocycles. The monoisotopic (exact) mass is 361 g/mol. The van der Waals surface area contributed by atoms with E-state index in [1.54, 1.807) is 0 Å². The number of hydrogen-bond acceptors (Lipinski definition) is 3. The molecule has 1 amide bonds. The predicted octanol–water partition coefficient (Wildman–Crippen LogP) is 4.83. The summed E-state index contributed by atoms with van der Waals surface area (Å²) in [7, 11) is 0. The molecule has 0 fully saturated rings. The summed E-state index contributed by atoms with van der Waals surface area (Å²) in [6, 6.07) is 16.7. The van der Waals surface area contributed by atoms with Crippen LogP contribution in [0, 0.1) is 0 Å². The topological polar surface area (TPSA) is 51.5 Å². The Kier molecular flexibility index (Phi) is 5.09. The number of benzene rings is 2. The SMILES string of the molecule is O=C(NOCc1ccccc1)c1ccc(-c2cccc(C(F)(F)F)c2)o1. The Bertz CT molecular complexity index is 888. The minimum Gasteiger partial charge on any atom is -0.451 e. The van der Waals surface area contributed by atoms with Crippen LogP contribution in [0.4, 0.5) is 13.2 Å². The van der Waals surface area contributed by atoms with E-state index in [4.69, 9.17) is 9.25 Å². The second kappa shape index (κ2) is 7.45. The normalized spacial score (nSPS) is 11.3. The van der Waals surface area contributed by atoms with Gasteiger partial charge in [-0.25, -0.2) is 5.48 Å². The summed E-state index contributed by atoms with van der Waals surface area (Å²) in [6.07, 6.45) is -4.45. The zero-order valence-corrected chi connectivity index (χ0v) is 13.4. The largest absolute Gasteiger partial charge is 0.451 e. The summed E-state index contributed by atoms with van der Waals surface area (Å²) in [4.78, 5) is 17.1. The third kappa shape index (κ3) is 4.31. The lowest BCUT2D eigenvalue weighted by Gasteiger charge is -2.07. The summed E-state index contributed by atoms with van der Waals surface area (Å²) in [6.45, 7) is 0.174. The second-order valence-corrected chi connectivity index (χ2v) is 5.45. The molecule has 0 saturated carbocycles. The molecule has 0 unspecified atom stereocenters. The first-order valence-corrected chi connectivity index (χ1v) is 7.67. The number of hydroxylamine groups is 1. The van der Waals surface area contributed by atoms with Crippen molar-refractivity contribution in [3.63, 3.8) is 0 Å². The van der Waals surface area contributed by atoms with Gasteiger partial charge in [0.1, 0.15) is 5.76 Å². The van der Waals surface area contributed by atoms with Gasteiger partial charge in [0.25, 0.3) is 0 Å². The quantitative estimate of drug-likeness (QED) is 0.663. The Morgan fingerprint density at radius 3 is 2.50 bits per heavy atom. The van der Waals surface area contributed by atoms with Gasteiger partial charge in [-0.15, -0.1) is 0 Å². The van der Waals surface area contributed by atoms with Crippen LogP contribution in [-0.2, 0) is 17.6 Å². The second-order valence-electron chi connectivity index (χ2n) is 5.45. The molecule has 4 nitrogen and oxygen atoms in total. The van der Waals surface area contributed by atoms with Crippen LogP contribution < -0.4 is 5.48 Å². The average molecular weight is 361 g/mol. The van der Waals surface area contributed by atoms with Gasteiger partial charge >= 0.3 is 12.1 Å². The summed E-state index contributed by atoms with van der Waals surface area (Å²) in [5, 5.41) is 0. The Labute approximate surface area is 147 Å². The zero-order chi connectivity index (χ0) is 18.6. The molecule has 134 valence electrons. The molecule has 26 heavy (non-hydrogen) atoms. The molecule has 0 aliphatic rings. The molecule has 0 saturated heterocycles. The maximum absolute atomic E-state index is 12.8. The van der Waals surface area contributed by atoms with Gasteiger partial charge in [0.15, 0.2) is 5.76 Å². The highest BCUT2D eigenvalue weighted by Crippen LogP contribution is 2.32. The molecular weight excluding hydrogens is 347 g/mol. The third-order valence-corrected chi connectivity index (χ3v) is 3.55. The first kappa shape index (κ1) is 17.8. The molecule has 0 bridgehead atoms. The number of furan rings is 1. The molecule has 3 rings (SSSR count). The lowest BCUT2D eigenvalue weighted by atomic mass is 10.1. The highest BCUT2D eigenvalue weighted by atomic mass is 19.4. The lowest BCUT2D eigenvalue weighted by Crippen LogP contribution is -2.23. The van der Waals surface area contributed by atoms with Crippen molar-refractivity contribution in [1.29, 1.82) is 0 Å². The summed E-state index contributed by atoms with van der Waals surface area (Å²) < 4.78 is 43.7. The highest BCUT2D eigenvalue weighted by molar-refractivity contribution is 5.91. The Morgan fingerprint density at radius 2 is 1.77 bits per heavy atom. The fourth-order valence-corrected chi connectivity index (χ4v) is 2.27. The van der Waals surface area contributed by atoms with Crippen molar-refractivity contribution in [3.8, 4) is 11.3 Å². The van der Waals surface area contributed by atoms with Crippen molar-refractivity contribution in [2.45, 2.75) is 12.8 Å².